The van der Waals surface area contributed by atoms with Crippen LogP contribution >= 0.6 is 0 Å². The van der Waals surface area contributed by atoms with E-state index in [0.717, 1.165) is 5.52 Å². The topological polar surface area (TPSA) is 53.4 Å². The van der Waals surface area contributed by atoms with Crippen LogP contribution in [0.25, 0.3) is 11.0 Å². The molecule has 3 heterocycles. The molecule has 0 saturated carbocycles. The zero-order chi connectivity index (χ0) is 12.5. The fourth-order valence-corrected chi connectivity index (χ4v) is 2.03. The Kier molecular flexibility index (Phi) is 2.89. The standard InChI is InChI=1S/C12H11BN2O3/c13-8-5-10-9(14-6-8)1-2-11(16)15(10)7-12-17-3-4-18-12/h1-2,5-6,12H,3-4,7H2. The Bertz CT molecular complexity index is 635. The van der Waals surface area contributed by atoms with Crippen molar-refractivity contribution in [2.24, 2.45) is 0 Å². The van der Waals surface area contributed by atoms with Gasteiger partial charge in [0.1, 0.15) is 7.85 Å². The molecule has 1 fully saturated rings. The summed E-state index contributed by atoms with van der Waals surface area (Å²) in [6.07, 6.45) is 1.19. The summed E-state index contributed by atoms with van der Waals surface area (Å²) in [5, 5.41) is 0. The first-order chi connectivity index (χ1) is 8.74. The van der Waals surface area contributed by atoms with Crippen molar-refractivity contribution in [3.8, 4) is 0 Å². The van der Waals surface area contributed by atoms with E-state index >= 15 is 0 Å². The molecular formula is C12H11BN2O3. The molecule has 2 aromatic rings. The van der Waals surface area contributed by atoms with Crippen molar-refractivity contribution in [3.63, 3.8) is 0 Å². The molecule has 18 heavy (non-hydrogen) atoms. The lowest BCUT2D eigenvalue weighted by atomic mass is 9.98. The van der Waals surface area contributed by atoms with Crippen molar-refractivity contribution in [2.45, 2.75) is 12.8 Å². The quantitative estimate of drug-likeness (QED) is 0.670. The van der Waals surface area contributed by atoms with Crippen LogP contribution in [-0.4, -0.2) is 36.9 Å². The first-order valence-corrected chi connectivity index (χ1v) is 5.72. The van der Waals surface area contributed by atoms with Crippen LogP contribution < -0.4 is 11.0 Å². The summed E-state index contributed by atoms with van der Waals surface area (Å²) in [7, 11) is 5.71. The molecular weight excluding hydrogens is 231 g/mol. The largest absolute Gasteiger partial charge is 0.348 e. The third kappa shape index (κ3) is 2.04. The van der Waals surface area contributed by atoms with Gasteiger partial charge in [0.2, 0.25) is 0 Å². The Morgan fingerprint density at radius 2 is 2.17 bits per heavy atom. The number of fused-ring (bicyclic) bond motifs is 1. The van der Waals surface area contributed by atoms with Gasteiger partial charge in [-0.05, 0) is 12.1 Å². The summed E-state index contributed by atoms with van der Waals surface area (Å²) >= 11 is 0. The van der Waals surface area contributed by atoms with Crippen molar-refractivity contribution in [3.05, 3.63) is 34.7 Å². The van der Waals surface area contributed by atoms with E-state index in [4.69, 9.17) is 17.3 Å². The van der Waals surface area contributed by atoms with Crippen LogP contribution in [0, 0.1) is 0 Å². The first kappa shape index (κ1) is 11.4. The SMILES string of the molecule is [B]c1cnc2ccc(=O)n(CC3OCCO3)c2c1. The van der Waals surface area contributed by atoms with Gasteiger partial charge in [-0.15, -0.1) is 0 Å². The van der Waals surface area contributed by atoms with E-state index in [-0.39, 0.29) is 11.8 Å². The molecule has 3 rings (SSSR count). The van der Waals surface area contributed by atoms with Gasteiger partial charge in [0.05, 0.1) is 30.8 Å². The molecule has 0 bridgehead atoms. The molecule has 5 nitrogen and oxygen atoms in total. The van der Waals surface area contributed by atoms with Gasteiger partial charge < -0.3 is 14.0 Å². The van der Waals surface area contributed by atoms with Crippen LogP contribution in [0.2, 0.25) is 0 Å². The first-order valence-electron chi connectivity index (χ1n) is 5.72. The van der Waals surface area contributed by atoms with E-state index in [0.29, 0.717) is 30.7 Å². The number of rotatable bonds is 2. The van der Waals surface area contributed by atoms with Gasteiger partial charge in [-0.25, -0.2) is 0 Å². The number of hydrogen-bond donors (Lipinski definition) is 0. The fourth-order valence-electron chi connectivity index (χ4n) is 2.03. The molecule has 0 aromatic carbocycles. The Morgan fingerprint density at radius 3 is 2.94 bits per heavy atom. The average Bonchev–Trinajstić information content (AvgIpc) is 2.86. The number of pyridine rings is 2. The van der Waals surface area contributed by atoms with Crippen molar-refractivity contribution in [1.82, 2.24) is 9.55 Å². The summed E-state index contributed by atoms with van der Waals surface area (Å²) in [6, 6.07) is 4.91. The molecule has 0 atom stereocenters. The number of hydrogen-bond acceptors (Lipinski definition) is 4. The molecule has 0 unspecified atom stereocenters. The molecule has 1 saturated heterocycles. The highest BCUT2D eigenvalue weighted by molar-refractivity contribution is 6.32. The zero-order valence-electron chi connectivity index (χ0n) is 9.70. The highest BCUT2D eigenvalue weighted by Crippen LogP contribution is 2.11. The fraction of sp³-hybridized carbons (Fsp3) is 0.333. The molecule has 0 N–H and O–H groups in total. The molecule has 2 radical (unpaired) electrons. The third-order valence-electron chi connectivity index (χ3n) is 2.88. The summed E-state index contributed by atoms with van der Waals surface area (Å²) < 4.78 is 12.3. The minimum atomic E-state index is -0.380. The molecule has 0 spiro atoms. The summed E-state index contributed by atoms with van der Waals surface area (Å²) in [5.74, 6) is 0. The number of nitrogens with zero attached hydrogens (tertiary/aromatic N) is 2. The Morgan fingerprint density at radius 1 is 1.39 bits per heavy atom. The van der Waals surface area contributed by atoms with Crippen LogP contribution in [0.3, 0.4) is 0 Å². The van der Waals surface area contributed by atoms with E-state index < -0.39 is 0 Å². The zero-order valence-corrected chi connectivity index (χ0v) is 9.70. The summed E-state index contributed by atoms with van der Waals surface area (Å²) in [6.45, 7) is 1.47. The van der Waals surface area contributed by atoms with Gasteiger partial charge in [0, 0.05) is 12.3 Å². The molecule has 6 heteroatoms. The number of aromatic nitrogens is 2. The Balaban J connectivity index is 2.10. The second-order valence-electron chi connectivity index (χ2n) is 4.13. The number of ether oxygens (including phenoxy) is 2. The molecule has 1 aliphatic rings. The highest BCUT2D eigenvalue weighted by atomic mass is 16.7. The van der Waals surface area contributed by atoms with Gasteiger partial charge in [-0.3, -0.25) is 9.78 Å². The lowest BCUT2D eigenvalue weighted by Crippen LogP contribution is -2.27. The minimum Gasteiger partial charge on any atom is -0.348 e. The van der Waals surface area contributed by atoms with E-state index in [9.17, 15) is 4.79 Å². The van der Waals surface area contributed by atoms with Crippen LogP contribution in [0.4, 0.5) is 0 Å². The third-order valence-corrected chi connectivity index (χ3v) is 2.88. The van der Waals surface area contributed by atoms with Crippen molar-refractivity contribution in [2.75, 3.05) is 13.2 Å². The maximum Gasteiger partial charge on any atom is 0.251 e. The summed E-state index contributed by atoms with van der Waals surface area (Å²) in [4.78, 5) is 16.1. The van der Waals surface area contributed by atoms with Gasteiger partial charge >= 0.3 is 0 Å². The van der Waals surface area contributed by atoms with Crippen LogP contribution in [-0.2, 0) is 16.0 Å². The van der Waals surface area contributed by atoms with Crippen molar-refractivity contribution >= 4 is 24.3 Å². The maximum absolute atomic E-state index is 11.9. The van der Waals surface area contributed by atoms with E-state index in [2.05, 4.69) is 4.98 Å². The minimum absolute atomic E-state index is 0.117. The van der Waals surface area contributed by atoms with Gasteiger partial charge in [-0.1, -0.05) is 5.46 Å². The van der Waals surface area contributed by atoms with Crippen LogP contribution in [0.5, 0.6) is 0 Å². The van der Waals surface area contributed by atoms with E-state index in [1.165, 1.54) is 6.07 Å². The smallest absolute Gasteiger partial charge is 0.251 e. The molecule has 90 valence electrons. The molecule has 0 amide bonds. The Labute approximate surface area is 105 Å². The van der Waals surface area contributed by atoms with Crippen molar-refractivity contribution < 1.29 is 9.47 Å². The maximum atomic E-state index is 11.9. The normalized spacial score (nSPS) is 16.4. The van der Waals surface area contributed by atoms with E-state index in [1.807, 2.05) is 0 Å². The molecule has 2 aromatic heterocycles. The Hall–Kier alpha value is -1.66. The highest BCUT2D eigenvalue weighted by Gasteiger charge is 2.18. The van der Waals surface area contributed by atoms with Crippen molar-refractivity contribution in [1.29, 1.82) is 0 Å². The predicted octanol–water partition coefficient (Wildman–Crippen LogP) is -0.437. The molecule has 0 aliphatic carbocycles. The second kappa shape index (κ2) is 4.55. The average molecular weight is 242 g/mol. The molecule has 1 aliphatic heterocycles. The van der Waals surface area contributed by atoms with Crippen LogP contribution in [0.15, 0.2) is 29.2 Å². The lowest BCUT2D eigenvalue weighted by molar-refractivity contribution is -0.0522. The summed E-state index contributed by atoms with van der Waals surface area (Å²) in [5.41, 5.74) is 1.83. The second-order valence-corrected chi connectivity index (χ2v) is 4.13. The van der Waals surface area contributed by atoms with Gasteiger partial charge in [0.15, 0.2) is 6.29 Å². The monoisotopic (exact) mass is 242 g/mol. The van der Waals surface area contributed by atoms with E-state index in [1.54, 1.807) is 22.9 Å². The lowest BCUT2D eigenvalue weighted by Gasteiger charge is -2.14. The van der Waals surface area contributed by atoms with Gasteiger partial charge in [0.25, 0.3) is 5.56 Å². The predicted molar refractivity (Wildman–Crippen MR) is 67.1 cm³/mol. The van der Waals surface area contributed by atoms with Crippen LogP contribution in [0.1, 0.15) is 0 Å². The van der Waals surface area contributed by atoms with Gasteiger partial charge in [-0.2, -0.15) is 0 Å².